The van der Waals surface area contributed by atoms with E-state index in [1.165, 1.54) is 6.20 Å². The third-order valence-electron chi connectivity index (χ3n) is 1.93. The van der Waals surface area contributed by atoms with E-state index in [2.05, 4.69) is 15.3 Å². The molecule has 0 saturated heterocycles. The maximum Gasteiger partial charge on any atom is 0.290 e. The van der Waals surface area contributed by atoms with Gasteiger partial charge in [-0.25, -0.2) is 4.98 Å². The molecule has 0 fully saturated rings. The molecule has 4 N–H and O–H groups in total. The van der Waals surface area contributed by atoms with Crippen molar-refractivity contribution in [1.29, 1.82) is 0 Å². The Morgan fingerprint density at radius 3 is 2.93 bits per heavy atom. The fraction of sp³-hybridized carbons (Fsp3) is 0.556. The number of hydrogen-bond acceptors (Lipinski definition) is 4. The molecule has 0 atom stereocenters. The van der Waals surface area contributed by atoms with Gasteiger partial charge < -0.3 is 16.0 Å². The van der Waals surface area contributed by atoms with Crippen molar-refractivity contribution in [2.45, 2.75) is 25.8 Å². The first-order chi connectivity index (χ1) is 6.55. The van der Waals surface area contributed by atoms with Crippen molar-refractivity contribution in [3.05, 3.63) is 22.7 Å². The Balaban J connectivity index is 2.78. The smallest absolute Gasteiger partial charge is 0.290 e. The van der Waals surface area contributed by atoms with Gasteiger partial charge in [0.1, 0.15) is 0 Å². The Morgan fingerprint density at radius 1 is 1.64 bits per heavy atom. The maximum absolute atomic E-state index is 11.3. The molecule has 0 aliphatic heterocycles. The molecule has 5 heteroatoms. The number of aromatic amines is 1. The van der Waals surface area contributed by atoms with Crippen LogP contribution in [0.4, 0.5) is 5.82 Å². The molecular weight excluding hydrogens is 180 g/mol. The Kier molecular flexibility index (Phi) is 3.24. The molecule has 1 aromatic heterocycles. The highest BCUT2D eigenvalue weighted by Crippen LogP contribution is 2.11. The minimum absolute atomic E-state index is 0.211. The summed E-state index contributed by atoms with van der Waals surface area (Å²) in [4.78, 5) is 17.8. The van der Waals surface area contributed by atoms with Gasteiger partial charge in [0, 0.05) is 17.9 Å². The van der Waals surface area contributed by atoms with Crippen LogP contribution in [0, 0.1) is 0 Å². The van der Waals surface area contributed by atoms with Crippen molar-refractivity contribution in [3.8, 4) is 0 Å². The first kappa shape index (κ1) is 10.7. The quantitative estimate of drug-likeness (QED) is 0.647. The number of aromatic nitrogens is 2. The number of nitrogens with one attached hydrogen (secondary N) is 2. The van der Waals surface area contributed by atoms with E-state index in [1.54, 1.807) is 6.20 Å². The minimum Gasteiger partial charge on any atom is -0.361 e. The summed E-state index contributed by atoms with van der Waals surface area (Å²) in [5, 5.41) is 3.05. The summed E-state index contributed by atoms with van der Waals surface area (Å²) in [5.41, 5.74) is 5.04. The lowest BCUT2D eigenvalue weighted by atomic mass is 10.0. The van der Waals surface area contributed by atoms with Crippen molar-refractivity contribution in [1.82, 2.24) is 9.97 Å². The molecule has 14 heavy (non-hydrogen) atoms. The van der Waals surface area contributed by atoms with Gasteiger partial charge in [0.25, 0.3) is 5.56 Å². The van der Waals surface area contributed by atoms with Gasteiger partial charge in [0.15, 0.2) is 5.82 Å². The summed E-state index contributed by atoms with van der Waals surface area (Å²) >= 11 is 0. The number of nitrogens with two attached hydrogens (primary N) is 1. The Morgan fingerprint density at radius 2 is 2.36 bits per heavy atom. The van der Waals surface area contributed by atoms with Crippen LogP contribution in [0.5, 0.6) is 0 Å². The molecule has 0 aliphatic carbocycles. The second-order valence-corrected chi connectivity index (χ2v) is 3.81. The van der Waals surface area contributed by atoms with Gasteiger partial charge in [-0.15, -0.1) is 0 Å². The average molecular weight is 196 g/mol. The number of hydrogen-bond donors (Lipinski definition) is 3. The third kappa shape index (κ3) is 2.85. The van der Waals surface area contributed by atoms with Gasteiger partial charge in [0.2, 0.25) is 0 Å². The molecule has 0 spiro atoms. The van der Waals surface area contributed by atoms with E-state index >= 15 is 0 Å². The van der Waals surface area contributed by atoms with Crippen LogP contribution in [0.3, 0.4) is 0 Å². The molecule has 0 unspecified atom stereocenters. The first-order valence-corrected chi connectivity index (χ1v) is 4.57. The summed E-state index contributed by atoms with van der Waals surface area (Å²) in [5.74, 6) is 0.339. The van der Waals surface area contributed by atoms with Crippen LogP contribution in [0.25, 0.3) is 0 Å². The number of rotatable bonds is 4. The van der Waals surface area contributed by atoms with Crippen LogP contribution >= 0.6 is 0 Å². The molecule has 0 radical (unpaired) electrons. The highest BCUT2D eigenvalue weighted by atomic mass is 16.1. The molecule has 0 saturated carbocycles. The topological polar surface area (TPSA) is 83.8 Å². The van der Waals surface area contributed by atoms with E-state index in [1.807, 2.05) is 13.8 Å². The zero-order valence-corrected chi connectivity index (χ0v) is 8.50. The van der Waals surface area contributed by atoms with E-state index in [0.717, 1.165) is 6.42 Å². The molecule has 1 rings (SSSR count). The second kappa shape index (κ2) is 4.23. The van der Waals surface area contributed by atoms with Gasteiger partial charge in [-0.1, -0.05) is 0 Å². The van der Waals surface area contributed by atoms with Gasteiger partial charge in [0.05, 0.1) is 0 Å². The highest BCUT2D eigenvalue weighted by Gasteiger charge is 2.17. The molecule has 0 aromatic carbocycles. The number of nitrogens with zero attached hydrogens (tertiary/aromatic N) is 1. The van der Waals surface area contributed by atoms with Crippen molar-refractivity contribution in [3.63, 3.8) is 0 Å². The Labute approximate surface area is 82.7 Å². The van der Waals surface area contributed by atoms with E-state index in [0.29, 0.717) is 12.4 Å². The molecule has 78 valence electrons. The van der Waals surface area contributed by atoms with Crippen LogP contribution in [0.15, 0.2) is 17.2 Å². The third-order valence-corrected chi connectivity index (χ3v) is 1.93. The second-order valence-electron chi connectivity index (χ2n) is 3.81. The molecular formula is C9H16N4O. The number of anilines is 1. The molecule has 0 aliphatic rings. The maximum atomic E-state index is 11.3. The lowest BCUT2D eigenvalue weighted by molar-refractivity contribution is 0.523. The Bertz CT molecular complexity index is 345. The Hall–Kier alpha value is -1.36. The average Bonchev–Trinajstić information content (AvgIpc) is 2.08. The summed E-state index contributed by atoms with van der Waals surface area (Å²) in [7, 11) is 0. The molecule has 5 nitrogen and oxygen atoms in total. The predicted octanol–water partition coefficient (Wildman–Crippen LogP) is 0.309. The minimum atomic E-state index is -0.212. The van der Waals surface area contributed by atoms with Crippen molar-refractivity contribution >= 4 is 5.82 Å². The first-order valence-electron chi connectivity index (χ1n) is 4.57. The summed E-state index contributed by atoms with van der Waals surface area (Å²) in [6.07, 6.45) is 3.83. The fourth-order valence-electron chi connectivity index (χ4n) is 1.18. The van der Waals surface area contributed by atoms with Crippen molar-refractivity contribution < 1.29 is 0 Å². The lowest BCUT2D eigenvalue weighted by Crippen LogP contribution is -2.36. The van der Waals surface area contributed by atoms with Gasteiger partial charge in [-0.05, 0) is 26.8 Å². The van der Waals surface area contributed by atoms with Crippen LogP contribution in [-0.2, 0) is 0 Å². The van der Waals surface area contributed by atoms with Crippen molar-refractivity contribution in [2.75, 3.05) is 11.9 Å². The van der Waals surface area contributed by atoms with Gasteiger partial charge in [-0.2, -0.15) is 0 Å². The number of H-pyrrole nitrogens is 1. The van der Waals surface area contributed by atoms with E-state index in [4.69, 9.17) is 5.73 Å². The summed E-state index contributed by atoms with van der Waals surface area (Å²) in [6, 6.07) is 0. The van der Waals surface area contributed by atoms with Crippen molar-refractivity contribution in [2.24, 2.45) is 5.73 Å². The molecule has 0 bridgehead atoms. The fourth-order valence-corrected chi connectivity index (χ4v) is 1.18. The molecule has 0 amide bonds. The molecule has 1 heterocycles. The lowest BCUT2D eigenvalue weighted by Gasteiger charge is -2.25. The summed E-state index contributed by atoms with van der Waals surface area (Å²) < 4.78 is 0. The standard InChI is InChI=1S/C9H16N4O/c1-9(2,3-4-10)13-7-8(14)12-6-5-11-7/h5-6H,3-4,10H2,1-2H3,(H,11,13)(H,12,14). The highest BCUT2D eigenvalue weighted by molar-refractivity contribution is 5.33. The van der Waals surface area contributed by atoms with Crippen LogP contribution < -0.4 is 16.6 Å². The zero-order valence-electron chi connectivity index (χ0n) is 8.50. The normalized spacial score (nSPS) is 11.4. The summed E-state index contributed by atoms with van der Waals surface area (Å²) in [6.45, 7) is 4.53. The van der Waals surface area contributed by atoms with Crippen LogP contribution in [-0.4, -0.2) is 22.1 Å². The van der Waals surface area contributed by atoms with Crippen LogP contribution in [0.2, 0.25) is 0 Å². The van der Waals surface area contributed by atoms with E-state index in [9.17, 15) is 4.79 Å². The molecule has 1 aromatic rings. The predicted molar refractivity (Wildman–Crippen MR) is 56.2 cm³/mol. The van der Waals surface area contributed by atoms with E-state index in [-0.39, 0.29) is 11.1 Å². The zero-order chi connectivity index (χ0) is 10.6. The monoisotopic (exact) mass is 196 g/mol. The van der Waals surface area contributed by atoms with Gasteiger partial charge in [-0.3, -0.25) is 4.79 Å². The van der Waals surface area contributed by atoms with Gasteiger partial charge >= 0.3 is 0 Å². The largest absolute Gasteiger partial charge is 0.361 e. The SMILES string of the molecule is CC(C)(CCN)Nc1ncc[nH]c1=O. The van der Waals surface area contributed by atoms with E-state index < -0.39 is 0 Å². The van der Waals surface area contributed by atoms with Crippen LogP contribution in [0.1, 0.15) is 20.3 Å².